The zero-order valence-corrected chi connectivity index (χ0v) is 22.2. The van der Waals surface area contributed by atoms with Gasteiger partial charge in [-0.15, -0.1) is 0 Å². The Kier molecular flexibility index (Phi) is 10.9. The Balaban J connectivity index is 1.41. The van der Waals surface area contributed by atoms with E-state index in [1.165, 1.54) is 11.8 Å². The molecular weight excluding hydrogens is 500 g/mol. The second-order valence-corrected chi connectivity index (χ2v) is 8.35. The van der Waals surface area contributed by atoms with E-state index in [1.807, 2.05) is 36.4 Å². The number of carbonyl (C=O) groups excluding carboxylic acids is 3. The maximum atomic E-state index is 12.2. The molecule has 39 heavy (non-hydrogen) atoms. The van der Waals surface area contributed by atoms with E-state index in [4.69, 9.17) is 14.2 Å². The molecule has 0 spiro atoms. The molecule has 10 heteroatoms. The third-order valence-electron chi connectivity index (χ3n) is 5.61. The number of hydrazone groups is 1. The summed E-state index contributed by atoms with van der Waals surface area (Å²) < 4.78 is 16.0. The number of carbonyl (C=O) groups is 3. The number of methoxy groups -OCH3 is 2. The summed E-state index contributed by atoms with van der Waals surface area (Å²) in [6.45, 7) is 2.15. The molecule has 0 aliphatic heterocycles. The minimum atomic E-state index is -0.894. The second kappa shape index (κ2) is 14.8. The third-order valence-corrected chi connectivity index (χ3v) is 5.61. The Labute approximate surface area is 227 Å². The van der Waals surface area contributed by atoms with E-state index in [9.17, 15) is 14.4 Å². The van der Waals surface area contributed by atoms with Crippen molar-refractivity contribution in [3.8, 4) is 17.2 Å². The molecule has 0 aromatic heterocycles. The van der Waals surface area contributed by atoms with E-state index in [0.29, 0.717) is 34.9 Å². The smallest absolute Gasteiger partial charge is 0.329 e. The van der Waals surface area contributed by atoms with Gasteiger partial charge in [0.15, 0.2) is 18.1 Å². The molecule has 3 N–H and O–H groups in total. The Hall–Kier alpha value is -4.86. The lowest BCUT2D eigenvalue weighted by Gasteiger charge is -2.10. The van der Waals surface area contributed by atoms with E-state index in [-0.39, 0.29) is 19.1 Å². The van der Waals surface area contributed by atoms with Gasteiger partial charge >= 0.3 is 11.8 Å². The van der Waals surface area contributed by atoms with E-state index in [0.717, 1.165) is 12.0 Å². The standard InChI is InChI=1S/C29H32N4O6/c1-4-20-8-11-23(12-9-20)32-27(34)19-39-24-7-5-6-22(16-24)18-31-33-29(36)28(35)30-15-14-21-10-13-25(37-2)26(17-21)38-3/h5-13,16-18H,4,14-15,19H2,1-3H3,(H,30,35)(H,32,34)(H,33,36)/b31-18-. The fourth-order valence-electron chi connectivity index (χ4n) is 3.51. The van der Waals surface area contributed by atoms with Crippen LogP contribution in [0.3, 0.4) is 0 Å². The number of hydrogen-bond donors (Lipinski definition) is 3. The highest BCUT2D eigenvalue weighted by molar-refractivity contribution is 6.35. The summed E-state index contributed by atoms with van der Waals surface area (Å²) in [6.07, 6.45) is 2.80. The van der Waals surface area contributed by atoms with Crippen molar-refractivity contribution in [3.05, 3.63) is 83.4 Å². The number of aryl methyl sites for hydroxylation is 1. The van der Waals surface area contributed by atoms with E-state index in [1.54, 1.807) is 44.6 Å². The van der Waals surface area contributed by atoms with Gasteiger partial charge in [-0.1, -0.05) is 37.3 Å². The van der Waals surface area contributed by atoms with Gasteiger partial charge in [0.2, 0.25) is 0 Å². The number of amides is 3. The van der Waals surface area contributed by atoms with Crippen LogP contribution in [0, 0.1) is 0 Å². The van der Waals surface area contributed by atoms with Gasteiger partial charge in [-0.3, -0.25) is 14.4 Å². The Morgan fingerprint density at radius 3 is 2.33 bits per heavy atom. The molecule has 0 fully saturated rings. The zero-order valence-electron chi connectivity index (χ0n) is 22.2. The van der Waals surface area contributed by atoms with Gasteiger partial charge in [-0.05, 0) is 65.9 Å². The minimum absolute atomic E-state index is 0.170. The van der Waals surface area contributed by atoms with Gasteiger partial charge in [-0.2, -0.15) is 5.10 Å². The summed E-state index contributed by atoms with van der Waals surface area (Å²) in [4.78, 5) is 36.3. The minimum Gasteiger partial charge on any atom is -0.493 e. The van der Waals surface area contributed by atoms with Gasteiger partial charge < -0.3 is 24.8 Å². The Morgan fingerprint density at radius 1 is 0.872 bits per heavy atom. The molecule has 10 nitrogen and oxygen atoms in total. The summed E-state index contributed by atoms with van der Waals surface area (Å²) in [5, 5.41) is 9.16. The molecule has 3 aromatic carbocycles. The highest BCUT2D eigenvalue weighted by atomic mass is 16.5. The fourth-order valence-corrected chi connectivity index (χ4v) is 3.51. The molecule has 0 heterocycles. The lowest BCUT2D eigenvalue weighted by atomic mass is 10.1. The zero-order chi connectivity index (χ0) is 28.0. The van der Waals surface area contributed by atoms with Crippen LogP contribution in [-0.2, 0) is 27.2 Å². The molecule has 3 amide bonds. The summed E-state index contributed by atoms with van der Waals surface area (Å²) in [7, 11) is 3.10. The Morgan fingerprint density at radius 2 is 1.62 bits per heavy atom. The number of ether oxygens (including phenoxy) is 3. The number of rotatable bonds is 12. The molecule has 0 unspecified atom stereocenters. The molecule has 0 saturated carbocycles. The van der Waals surface area contributed by atoms with Crippen LogP contribution in [0.1, 0.15) is 23.6 Å². The van der Waals surface area contributed by atoms with Crippen LogP contribution >= 0.6 is 0 Å². The van der Waals surface area contributed by atoms with Crippen molar-refractivity contribution in [3.63, 3.8) is 0 Å². The number of anilines is 1. The molecular formula is C29H32N4O6. The second-order valence-electron chi connectivity index (χ2n) is 8.35. The first-order chi connectivity index (χ1) is 18.9. The summed E-state index contributed by atoms with van der Waals surface area (Å²) in [5.74, 6) is -0.338. The molecule has 0 aliphatic carbocycles. The molecule has 204 valence electrons. The van der Waals surface area contributed by atoms with Crippen LogP contribution in [0.15, 0.2) is 71.8 Å². The van der Waals surface area contributed by atoms with Crippen molar-refractivity contribution < 1.29 is 28.6 Å². The molecule has 0 bridgehead atoms. The molecule has 0 aliphatic rings. The lowest BCUT2D eigenvalue weighted by Crippen LogP contribution is -2.38. The van der Waals surface area contributed by atoms with Gasteiger partial charge in [0.05, 0.1) is 20.4 Å². The maximum absolute atomic E-state index is 12.2. The highest BCUT2D eigenvalue weighted by Gasteiger charge is 2.12. The van der Waals surface area contributed by atoms with Crippen molar-refractivity contribution >= 4 is 29.6 Å². The average Bonchev–Trinajstić information content (AvgIpc) is 2.96. The molecule has 3 aromatic rings. The number of nitrogens with zero attached hydrogens (tertiary/aromatic N) is 1. The highest BCUT2D eigenvalue weighted by Crippen LogP contribution is 2.27. The van der Waals surface area contributed by atoms with Gasteiger partial charge in [0.25, 0.3) is 5.91 Å². The fraction of sp³-hybridized carbons (Fsp3) is 0.241. The summed E-state index contributed by atoms with van der Waals surface area (Å²) in [5.41, 5.74) is 5.60. The van der Waals surface area contributed by atoms with Crippen molar-refractivity contribution in [1.82, 2.24) is 10.7 Å². The predicted molar refractivity (Wildman–Crippen MR) is 148 cm³/mol. The van der Waals surface area contributed by atoms with Crippen molar-refractivity contribution in [2.75, 3.05) is 32.7 Å². The van der Waals surface area contributed by atoms with Crippen LogP contribution in [-0.4, -0.2) is 51.3 Å². The molecule has 0 atom stereocenters. The maximum Gasteiger partial charge on any atom is 0.329 e. The first kappa shape index (κ1) is 28.7. The van der Waals surface area contributed by atoms with Gasteiger partial charge in [-0.25, -0.2) is 5.43 Å². The number of benzene rings is 3. The van der Waals surface area contributed by atoms with Crippen LogP contribution in [0.4, 0.5) is 5.69 Å². The molecule has 0 saturated heterocycles. The van der Waals surface area contributed by atoms with Crippen LogP contribution < -0.4 is 30.3 Å². The molecule has 0 radical (unpaired) electrons. The van der Waals surface area contributed by atoms with Crippen LogP contribution in [0.2, 0.25) is 0 Å². The first-order valence-corrected chi connectivity index (χ1v) is 12.4. The Bertz CT molecular complexity index is 1310. The van der Waals surface area contributed by atoms with Gasteiger partial charge in [0, 0.05) is 12.2 Å². The van der Waals surface area contributed by atoms with E-state index in [2.05, 4.69) is 28.1 Å². The largest absolute Gasteiger partial charge is 0.493 e. The SMILES string of the molecule is CCc1ccc(NC(=O)COc2cccc(/C=N\NC(=O)C(=O)NCCc3ccc(OC)c(OC)c3)c2)cc1. The van der Waals surface area contributed by atoms with Crippen molar-refractivity contribution in [2.24, 2.45) is 5.10 Å². The predicted octanol–water partition coefficient (Wildman–Crippen LogP) is 3.09. The number of nitrogens with one attached hydrogen (secondary N) is 3. The summed E-state index contributed by atoms with van der Waals surface area (Å²) >= 11 is 0. The van der Waals surface area contributed by atoms with Crippen LogP contribution in [0.25, 0.3) is 0 Å². The van der Waals surface area contributed by atoms with E-state index < -0.39 is 11.8 Å². The lowest BCUT2D eigenvalue weighted by molar-refractivity contribution is -0.139. The third kappa shape index (κ3) is 9.19. The average molecular weight is 533 g/mol. The monoisotopic (exact) mass is 532 g/mol. The van der Waals surface area contributed by atoms with Crippen LogP contribution in [0.5, 0.6) is 17.2 Å². The quantitative estimate of drug-likeness (QED) is 0.187. The molecule has 3 rings (SSSR count). The van der Waals surface area contributed by atoms with Gasteiger partial charge in [0.1, 0.15) is 5.75 Å². The van der Waals surface area contributed by atoms with E-state index >= 15 is 0 Å². The normalized spacial score (nSPS) is 10.5. The van der Waals surface area contributed by atoms with Crippen molar-refractivity contribution in [1.29, 1.82) is 0 Å². The van der Waals surface area contributed by atoms with Crippen molar-refractivity contribution in [2.45, 2.75) is 19.8 Å². The topological polar surface area (TPSA) is 127 Å². The first-order valence-electron chi connectivity index (χ1n) is 12.4. The number of hydrogen-bond acceptors (Lipinski definition) is 7. The summed E-state index contributed by atoms with van der Waals surface area (Å²) in [6, 6.07) is 19.9.